The highest BCUT2D eigenvalue weighted by atomic mass is 19.1. The number of rotatable bonds is 1. The minimum atomic E-state index is -0.536. The lowest BCUT2D eigenvalue weighted by Gasteiger charge is -2.01. The van der Waals surface area contributed by atoms with Crippen LogP contribution in [0.2, 0.25) is 0 Å². The number of fused-ring (bicyclic) bond motifs is 1. The maximum atomic E-state index is 13.9. The van der Waals surface area contributed by atoms with E-state index < -0.39 is 5.82 Å². The second-order valence-electron chi connectivity index (χ2n) is 3.28. The van der Waals surface area contributed by atoms with Crippen LogP contribution >= 0.6 is 0 Å². The molecule has 2 N–H and O–H groups in total. The molecule has 2 aromatic rings. The SMILES string of the molecule is Nc1cc(-c2ccc3c(c2F)OCO3)on1. The van der Waals surface area contributed by atoms with E-state index in [1.165, 1.54) is 12.1 Å². The van der Waals surface area contributed by atoms with Gasteiger partial charge in [-0.1, -0.05) is 5.16 Å². The number of benzene rings is 1. The fourth-order valence-corrected chi connectivity index (χ4v) is 1.54. The molecule has 1 aromatic carbocycles. The summed E-state index contributed by atoms with van der Waals surface area (Å²) in [6, 6.07) is 4.59. The third-order valence-electron chi connectivity index (χ3n) is 2.27. The third-order valence-corrected chi connectivity index (χ3v) is 2.27. The Balaban J connectivity index is 2.15. The predicted molar refractivity (Wildman–Crippen MR) is 52.4 cm³/mol. The van der Waals surface area contributed by atoms with Crippen molar-refractivity contribution in [3.05, 3.63) is 24.0 Å². The number of nitrogen functional groups attached to an aromatic ring is 1. The van der Waals surface area contributed by atoms with Crippen LogP contribution in [0, 0.1) is 5.82 Å². The molecule has 1 aliphatic rings. The van der Waals surface area contributed by atoms with Crippen LogP contribution in [-0.4, -0.2) is 11.9 Å². The summed E-state index contributed by atoms with van der Waals surface area (Å²) in [5, 5.41) is 3.49. The summed E-state index contributed by atoms with van der Waals surface area (Å²) in [6.45, 7) is 0.0221. The number of halogens is 1. The second kappa shape index (κ2) is 3.13. The molecule has 0 atom stereocenters. The number of ether oxygens (including phenoxy) is 2. The number of anilines is 1. The number of hydrogen-bond donors (Lipinski definition) is 1. The molecule has 82 valence electrons. The van der Waals surface area contributed by atoms with Gasteiger partial charge in [0.25, 0.3) is 0 Å². The molecule has 0 fully saturated rings. The molecule has 0 unspecified atom stereocenters. The maximum absolute atomic E-state index is 13.9. The predicted octanol–water partition coefficient (Wildman–Crippen LogP) is 1.79. The lowest BCUT2D eigenvalue weighted by Crippen LogP contribution is -1.94. The van der Waals surface area contributed by atoms with Crippen molar-refractivity contribution in [2.75, 3.05) is 12.5 Å². The molecule has 2 heterocycles. The molecule has 1 aliphatic heterocycles. The van der Waals surface area contributed by atoms with Crippen LogP contribution in [0.15, 0.2) is 22.7 Å². The fourth-order valence-electron chi connectivity index (χ4n) is 1.54. The van der Waals surface area contributed by atoms with Crippen LogP contribution in [-0.2, 0) is 0 Å². The second-order valence-corrected chi connectivity index (χ2v) is 3.28. The fraction of sp³-hybridized carbons (Fsp3) is 0.100. The van der Waals surface area contributed by atoms with Crippen molar-refractivity contribution < 1.29 is 18.4 Å². The summed E-state index contributed by atoms with van der Waals surface area (Å²) >= 11 is 0. The van der Waals surface area contributed by atoms with Gasteiger partial charge in [-0.05, 0) is 12.1 Å². The molecule has 5 nitrogen and oxygen atoms in total. The van der Waals surface area contributed by atoms with E-state index in [-0.39, 0.29) is 29.7 Å². The van der Waals surface area contributed by atoms with Gasteiger partial charge in [-0.3, -0.25) is 0 Å². The van der Waals surface area contributed by atoms with E-state index in [4.69, 9.17) is 19.7 Å². The van der Waals surface area contributed by atoms with E-state index in [1.54, 1.807) is 6.07 Å². The first kappa shape index (κ1) is 9.02. The van der Waals surface area contributed by atoms with Crippen molar-refractivity contribution in [1.29, 1.82) is 0 Å². The highest BCUT2D eigenvalue weighted by molar-refractivity contribution is 5.65. The van der Waals surface area contributed by atoms with Crippen LogP contribution in [0.25, 0.3) is 11.3 Å². The molecule has 0 bridgehead atoms. The molecule has 1 aromatic heterocycles. The smallest absolute Gasteiger partial charge is 0.231 e. The zero-order valence-electron chi connectivity index (χ0n) is 8.07. The minimum Gasteiger partial charge on any atom is -0.453 e. The molecule has 0 amide bonds. The molecule has 3 rings (SSSR count). The van der Waals surface area contributed by atoms with Crippen molar-refractivity contribution >= 4 is 5.82 Å². The van der Waals surface area contributed by atoms with Gasteiger partial charge in [0.15, 0.2) is 23.1 Å². The van der Waals surface area contributed by atoms with Crippen LogP contribution in [0.1, 0.15) is 0 Å². The lowest BCUT2D eigenvalue weighted by atomic mass is 10.1. The number of hydrogen-bond acceptors (Lipinski definition) is 5. The van der Waals surface area contributed by atoms with Crippen LogP contribution in [0.5, 0.6) is 11.5 Å². The highest BCUT2D eigenvalue weighted by Crippen LogP contribution is 2.39. The monoisotopic (exact) mass is 222 g/mol. The Bertz CT molecular complexity index is 553. The summed E-state index contributed by atoms with van der Waals surface area (Å²) in [7, 11) is 0. The molecule has 6 heteroatoms. The number of aromatic nitrogens is 1. The molecule has 0 saturated carbocycles. The van der Waals surface area contributed by atoms with Gasteiger partial charge in [0, 0.05) is 6.07 Å². The third kappa shape index (κ3) is 1.19. The zero-order chi connectivity index (χ0) is 11.1. The largest absolute Gasteiger partial charge is 0.453 e. The number of nitrogens with zero attached hydrogens (tertiary/aromatic N) is 1. The van der Waals surface area contributed by atoms with Crippen molar-refractivity contribution in [2.45, 2.75) is 0 Å². The van der Waals surface area contributed by atoms with Crippen LogP contribution < -0.4 is 15.2 Å². The summed E-state index contributed by atoms with van der Waals surface area (Å²) in [4.78, 5) is 0. The van der Waals surface area contributed by atoms with E-state index in [0.717, 1.165) is 0 Å². The van der Waals surface area contributed by atoms with E-state index in [1.807, 2.05) is 0 Å². The van der Waals surface area contributed by atoms with Crippen molar-refractivity contribution in [3.63, 3.8) is 0 Å². The van der Waals surface area contributed by atoms with Crippen molar-refractivity contribution in [3.8, 4) is 22.8 Å². The minimum absolute atomic E-state index is 0.0221. The van der Waals surface area contributed by atoms with Gasteiger partial charge in [-0.15, -0.1) is 0 Å². The van der Waals surface area contributed by atoms with Gasteiger partial charge in [-0.2, -0.15) is 0 Å². The van der Waals surface area contributed by atoms with E-state index in [2.05, 4.69) is 5.16 Å². The molecular formula is C10H7FN2O3. The summed E-state index contributed by atoms with van der Waals surface area (Å²) in [5.41, 5.74) is 5.64. The Kier molecular flexibility index (Phi) is 1.76. The molecule has 0 saturated heterocycles. The Labute approximate surface area is 89.5 Å². The molecule has 0 aliphatic carbocycles. The van der Waals surface area contributed by atoms with Gasteiger partial charge in [0.1, 0.15) is 0 Å². The summed E-state index contributed by atoms with van der Waals surface area (Å²) in [5.74, 6) is 0.396. The van der Waals surface area contributed by atoms with Gasteiger partial charge < -0.3 is 19.7 Å². The molecular weight excluding hydrogens is 215 g/mol. The van der Waals surface area contributed by atoms with Gasteiger partial charge in [0.2, 0.25) is 12.5 Å². The quantitative estimate of drug-likeness (QED) is 0.796. The Hall–Kier alpha value is -2.24. The Morgan fingerprint density at radius 2 is 2.19 bits per heavy atom. The van der Waals surface area contributed by atoms with Crippen LogP contribution in [0.4, 0.5) is 10.2 Å². The first-order valence-corrected chi connectivity index (χ1v) is 4.56. The van der Waals surface area contributed by atoms with E-state index in [9.17, 15) is 4.39 Å². The average Bonchev–Trinajstić information content (AvgIpc) is 2.87. The highest BCUT2D eigenvalue weighted by Gasteiger charge is 2.23. The van der Waals surface area contributed by atoms with Crippen molar-refractivity contribution in [2.24, 2.45) is 0 Å². The first-order valence-electron chi connectivity index (χ1n) is 4.56. The topological polar surface area (TPSA) is 70.5 Å². The lowest BCUT2D eigenvalue weighted by molar-refractivity contribution is 0.171. The Morgan fingerprint density at radius 1 is 1.31 bits per heavy atom. The zero-order valence-corrected chi connectivity index (χ0v) is 8.07. The molecule has 0 radical (unpaired) electrons. The maximum Gasteiger partial charge on any atom is 0.231 e. The summed E-state index contributed by atoms with van der Waals surface area (Å²) < 4.78 is 28.9. The molecule has 0 spiro atoms. The average molecular weight is 222 g/mol. The number of nitrogens with two attached hydrogens (primary N) is 1. The van der Waals surface area contributed by atoms with Gasteiger partial charge >= 0.3 is 0 Å². The molecule has 16 heavy (non-hydrogen) atoms. The van der Waals surface area contributed by atoms with Gasteiger partial charge in [-0.25, -0.2) is 4.39 Å². The van der Waals surface area contributed by atoms with Crippen molar-refractivity contribution in [1.82, 2.24) is 5.16 Å². The van der Waals surface area contributed by atoms with E-state index in [0.29, 0.717) is 5.75 Å². The van der Waals surface area contributed by atoms with Gasteiger partial charge in [0.05, 0.1) is 5.56 Å². The Morgan fingerprint density at radius 3 is 2.94 bits per heavy atom. The normalized spacial score (nSPS) is 13.1. The first-order chi connectivity index (χ1) is 7.75. The standard InChI is InChI=1S/C10H7FN2O3/c11-9-5(7-3-8(12)13-16-7)1-2-6-10(9)15-4-14-6/h1-3H,4H2,(H2,12,13). The summed E-state index contributed by atoms with van der Waals surface area (Å²) in [6.07, 6.45) is 0. The van der Waals surface area contributed by atoms with E-state index >= 15 is 0 Å². The van der Waals surface area contributed by atoms with Crippen LogP contribution in [0.3, 0.4) is 0 Å².